The molecular weight excluding hydrogens is 210 g/mol. The zero-order valence-corrected chi connectivity index (χ0v) is 9.18. The van der Waals surface area contributed by atoms with Crippen LogP contribution in [0.15, 0.2) is 12.1 Å². The maximum absolute atomic E-state index is 13.7. The highest BCUT2D eigenvalue weighted by molar-refractivity contribution is 5.51. The quantitative estimate of drug-likeness (QED) is 0.839. The van der Waals surface area contributed by atoms with Crippen molar-refractivity contribution in [1.82, 2.24) is 0 Å². The van der Waals surface area contributed by atoms with E-state index in [9.17, 15) is 8.78 Å². The van der Waals surface area contributed by atoms with Crippen molar-refractivity contribution < 1.29 is 8.78 Å². The van der Waals surface area contributed by atoms with E-state index in [1.54, 1.807) is 4.90 Å². The van der Waals surface area contributed by atoms with Crippen molar-refractivity contribution in [2.45, 2.75) is 25.8 Å². The van der Waals surface area contributed by atoms with Crippen molar-refractivity contribution in [3.63, 3.8) is 0 Å². The summed E-state index contributed by atoms with van der Waals surface area (Å²) in [6.45, 7) is 1.62. The van der Waals surface area contributed by atoms with E-state index in [-0.39, 0.29) is 12.2 Å². The van der Waals surface area contributed by atoms with E-state index in [4.69, 9.17) is 5.73 Å². The Morgan fingerprint density at radius 3 is 2.12 bits per heavy atom. The van der Waals surface area contributed by atoms with Gasteiger partial charge in [0.05, 0.1) is 0 Å². The molecule has 16 heavy (non-hydrogen) atoms. The minimum atomic E-state index is -0.498. The van der Waals surface area contributed by atoms with Gasteiger partial charge in [0.25, 0.3) is 0 Å². The third kappa shape index (κ3) is 2.16. The first-order chi connectivity index (χ1) is 7.72. The van der Waals surface area contributed by atoms with Crippen LogP contribution in [0.4, 0.5) is 14.5 Å². The van der Waals surface area contributed by atoms with Gasteiger partial charge >= 0.3 is 0 Å². The molecule has 1 aliphatic heterocycles. The third-order valence-electron chi connectivity index (χ3n) is 2.98. The summed E-state index contributed by atoms with van der Waals surface area (Å²) in [4.78, 5) is 1.79. The molecule has 0 aliphatic carbocycles. The van der Waals surface area contributed by atoms with Gasteiger partial charge in [-0.05, 0) is 37.0 Å². The molecule has 1 aromatic carbocycles. The van der Waals surface area contributed by atoms with Crippen molar-refractivity contribution in [3.05, 3.63) is 29.3 Å². The summed E-state index contributed by atoms with van der Waals surface area (Å²) in [5.41, 5.74) is 5.97. The number of anilines is 1. The molecular formula is C12H16F2N2. The van der Waals surface area contributed by atoms with Crippen LogP contribution < -0.4 is 10.6 Å². The Morgan fingerprint density at radius 1 is 1.06 bits per heavy atom. The van der Waals surface area contributed by atoms with Gasteiger partial charge in [0.2, 0.25) is 0 Å². The van der Waals surface area contributed by atoms with E-state index in [0.717, 1.165) is 32.4 Å². The standard InChI is InChI=1S/C12H16F2N2/c13-10-6-9(8-15)7-11(14)12(10)16-4-2-1-3-5-16/h6-7H,1-5,8,15H2. The van der Waals surface area contributed by atoms with E-state index >= 15 is 0 Å². The number of hydrogen-bond donors (Lipinski definition) is 1. The largest absolute Gasteiger partial charge is 0.367 e. The summed E-state index contributed by atoms with van der Waals surface area (Å²) in [6.07, 6.45) is 3.13. The fourth-order valence-electron chi connectivity index (χ4n) is 2.16. The van der Waals surface area contributed by atoms with Crippen LogP contribution in [0.3, 0.4) is 0 Å². The molecule has 0 bridgehead atoms. The molecule has 0 spiro atoms. The van der Waals surface area contributed by atoms with Gasteiger partial charge in [0.1, 0.15) is 17.3 Å². The molecule has 1 heterocycles. The van der Waals surface area contributed by atoms with Crippen LogP contribution in [-0.4, -0.2) is 13.1 Å². The van der Waals surface area contributed by atoms with Crippen LogP contribution >= 0.6 is 0 Å². The van der Waals surface area contributed by atoms with Gasteiger partial charge < -0.3 is 10.6 Å². The zero-order valence-electron chi connectivity index (χ0n) is 9.18. The topological polar surface area (TPSA) is 29.3 Å². The van der Waals surface area contributed by atoms with Gasteiger partial charge in [-0.3, -0.25) is 0 Å². The first kappa shape index (κ1) is 11.3. The first-order valence-electron chi connectivity index (χ1n) is 5.65. The Labute approximate surface area is 94.0 Å². The molecule has 0 unspecified atom stereocenters. The summed E-state index contributed by atoms with van der Waals surface area (Å²) in [7, 11) is 0. The Hall–Kier alpha value is -1.16. The molecule has 1 aromatic rings. The minimum Gasteiger partial charge on any atom is -0.367 e. The molecule has 2 N–H and O–H groups in total. The normalized spacial score (nSPS) is 16.6. The number of benzene rings is 1. The maximum Gasteiger partial charge on any atom is 0.149 e. The molecule has 2 rings (SSSR count). The van der Waals surface area contributed by atoms with E-state index in [1.807, 2.05) is 0 Å². The predicted octanol–water partition coefficient (Wildman–Crippen LogP) is 2.41. The van der Waals surface area contributed by atoms with Crippen LogP contribution in [0.25, 0.3) is 0 Å². The average molecular weight is 226 g/mol. The second-order valence-corrected chi connectivity index (χ2v) is 4.16. The average Bonchev–Trinajstić information content (AvgIpc) is 2.29. The third-order valence-corrected chi connectivity index (χ3v) is 2.98. The zero-order chi connectivity index (χ0) is 11.5. The lowest BCUT2D eigenvalue weighted by atomic mass is 10.1. The number of nitrogens with two attached hydrogens (primary N) is 1. The highest BCUT2D eigenvalue weighted by Gasteiger charge is 2.19. The molecule has 0 amide bonds. The van der Waals surface area contributed by atoms with Crippen molar-refractivity contribution in [1.29, 1.82) is 0 Å². The Balaban J connectivity index is 2.32. The van der Waals surface area contributed by atoms with Crippen LogP contribution in [0, 0.1) is 11.6 Å². The fraction of sp³-hybridized carbons (Fsp3) is 0.500. The van der Waals surface area contributed by atoms with Gasteiger partial charge in [0, 0.05) is 19.6 Å². The van der Waals surface area contributed by atoms with E-state index < -0.39 is 11.6 Å². The summed E-state index contributed by atoms with van der Waals surface area (Å²) >= 11 is 0. The Bertz CT molecular complexity index is 350. The molecule has 0 radical (unpaired) electrons. The van der Waals surface area contributed by atoms with Gasteiger partial charge in [-0.1, -0.05) is 0 Å². The maximum atomic E-state index is 13.7. The highest BCUT2D eigenvalue weighted by atomic mass is 19.1. The summed E-state index contributed by atoms with van der Waals surface area (Å²) in [5.74, 6) is -0.996. The summed E-state index contributed by atoms with van der Waals surface area (Å²) in [5, 5.41) is 0. The number of nitrogens with zero attached hydrogens (tertiary/aromatic N) is 1. The van der Waals surface area contributed by atoms with E-state index in [1.165, 1.54) is 12.1 Å². The van der Waals surface area contributed by atoms with Crippen molar-refractivity contribution in [2.75, 3.05) is 18.0 Å². The SMILES string of the molecule is NCc1cc(F)c(N2CCCCC2)c(F)c1. The number of halogens is 2. The Morgan fingerprint density at radius 2 is 1.62 bits per heavy atom. The molecule has 1 fully saturated rings. The lowest BCUT2D eigenvalue weighted by Crippen LogP contribution is -2.31. The monoisotopic (exact) mass is 226 g/mol. The highest BCUT2D eigenvalue weighted by Crippen LogP contribution is 2.27. The lowest BCUT2D eigenvalue weighted by molar-refractivity contribution is 0.529. The molecule has 1 saturated heterocycles. The van der Waals surface area contributed by atoms with Crippen LogP contribution in [-0.2, 0) is 6.54 Å². The number of hydrogen-bond acceptors (Lipinski definition) is 2. The smallest absolute Gasteiger partial charge is 0.149 e. The van der Waals surface area contributed by atoms with Crippen molar-refractivity contribution in [3.8, 4) is 0 Å². The fourth-order valence-corrected chi connectivity index (χ4v) is 2.16. The number of rotatable bonds is 2. The second kappa shape index (κ2) is 4.78. The van der Waals surface area contributed by atoms with Gasteiger partial charge in [-0.2, -0.15) is 0 Å². The van der Waals surface area contributed by atoms with Gasteiger partial charge in [0.15, 0.2) is 0 Å². The minimum absolute atomic E-state index is 0.108. The second-order valence-electron chi connectivity index (χ2n) is 4.16. The first-order valence-corrected chi connectivity index (χ1v) is 5.65. The predicted molar refractivity (Wildman–Crippen MR) is 60.3 cm³/mol. The molecule has 0 saturated carbocycles. The molecule has 0 aromatic heterocycles. The summed E-state index contributed by atoms with van der Waals surface area (Å²) < 4.78 is 27.5. The van der Waals surface area contributed by atoms with Crippen LogP contribution in [0.1, 0.15) is 24.8 Å². The van der Waals surface area contributed by atoms with Gasteiger partial charge in [-0.25, -0.2) is 8.78 Å². The van der Waals surface area contributed by atoms with Crippen LogP contribution in [0.2, 0.25) is 0 Å². The molecule has 0 atom stereocenters. The number of piperidine rings is 1. The molecule has 1 aliphatic rings. The molecule has 4 heteroatoms. The van der Waals surface area contributed by atoms with Crippen molar-refractivity contribution >= 4 is 5.69 Å². The summed E-state index contributed by atoms with van der Waals surface area (Å²) in [6, 6.07) is 2.65. The van der Waals surface area contributed by atoms with E-state index in [2.05, 4.69) is 0 Å². The van der Waals surface area contributed by atoms with Gasteiger partial charge in [-0.15, -0.1) is 0 Å². The van der Waals surface area contributed by atoms with Crippen molar-refractivity contribution in [2.24, 2.45) is 5.73 Å². The Kier molecular flexibility index (Phi) is 3.39. The molecule has 2 nitrogen and oxygen atoms in total. The van der Waals surface area contributed by atoms with E-state index in [0.29, 0.717) is 5.56 Å². The lowest BCUT2D eigenvalue weighted by Gasteiger charge is -2.29. The van der Waals surface area contributed by atoms with Crippen LogP contribution in [0.5, 0.6) is 0 Å². The molecule has 88 valence electrons.